The topological polar surface area (TPSA) is 23.5 Å². The molecule has 2 aliphatic rings. The molecule has 19 heavy (non-hydrogen) atoms. The Morgan fingerprint density at radius 3 is 2.58 bits per heavy atom. The number of likely N-dealkylation sites (tertiary alicyclic amines) is 1. The highest BCUT2D eigenvalue weighted by atomic mass is 16.3. The molecule has 0 amide bonds. The van der Waals surface area contributed by atoms with Crippen LogP contribution in [0.25, 0.3) is 0 Å². The summed E-state index contributed by atoms with van der Waals surface area (Å²) >= 11 is 0. The van der Waals surface area contributed by atoms with E-state index in [2.05, 4.69) is 4.90 Å². The lowest BCUT2D eigenvalue weighted by atomic mass is 9.75. The Bertz CT molecular complexity index is 392. The van der Waals surface area contributed by atoms with Crippen molar-refractivity contribution in [3.63, 3.8) is 0 Å². The van der Waals surface area contributed by atoms with Crippen molar-refractivity contribution in [3.8, 4) is 0 Å². The van der Waals surface area contributed by atoms with Crippen LogP contribution >= 0.6 is 0 Å². The fraction of sp³-hybridized carbons (Fsp3) is 0.647. The summed E-state index contributed by atoms with van der Waals surface area (Å²) < 4.78 is 0. The van der Waals surface area contributed by atoms with E-state index >= 15 is 0 Å². The molecule has 2 fully saturated rings. The molecule has 1 heterocycles. The van der Waals surface area contributed by atoms with E-state index in [0.29, 0.717) is 0 Å². The predicted octanol–water partition coefficient (Wildman–Crippen LogP) is 3.23. The third kappa shape index (κ3) is 3.18. The highest BCUT2D eigenvalue weighted by molar-refractivity contribution is 5.17. The van der Waals surface area contributed by atoms with Crippen molar-refractivity contribution in [2.75, 3.05) is 19.6 Å². The number of rotatable bonds is 3. The van der Waals surface area contributed by atoms with Gasteiger partial charge in [-0.1, -0.05) is 49.6 Å². The van der Waals surface area contributed by atoms with E-state index in [9.17, 15) is 5.11 Å². The van der Waals surface area contributed by atoms with Crippen LogP contribution in [-0.2, 0) is 0 Å². The molecule has 104 valence electrons. The summed E-state index contributed by atoms with van der Waals surface area (Å²) in [6, 6.07) is 10.1. The number of aliphatic hydroxyl groups is 1. The van der Waals surface area contributed by atoms with Gasteiger partial charge in [0.05, 0.1) is 6.10 Å². The summed E-state index contributed by atoms with van der Waals surface area (Å²) in [5, 5.41) is 10.3. The Hall–Kier alpha value is -0.860. The molecular formula is C17H25NO. The SMILES string of the molecule is O[C@@H](CN1CC[C@@H]2CCCC[C@@H]2C1)c1ccccc1. The molecule has 0 aromatic heterocycles. The van der Waals surface area contributed by atoms with Crippen molar-refractivity contribution < 1.29 is 5.11 Å². The first-order valence-electron chi connectivity index (χ1n) is 7.78. The standard InChI is InChI=1S/C17H25NO/c19-17(15-7-2-1-3-8-15)13-18-11-10-14-6-4-5-9-16(14)12-18/h1-3,7-8,14,16-17,19H,4-6,9-13H2/t14-,16+,17-/m0/s1. The van der Waals surface area contributed by atoms with Gasteiger partial charge >= 0.3 is 0 Å². The fourth-order valence-electron chi connectivity index (χ4n) is 3.87. The van der Waals surface area contributed by atoms with Crippen LogP contribution < -0.4 is 0 Å². The quantitative estimate of drug-likeness (QED) is 0.901. The molecule has 1 saturated heterocycles. The normalized spacial score (nSPS) is 29.7. The second kappa shape index (κ2) is 6.06. The van der Waals surface area contributed by atoms with Crippen LogP contribution in [0.1, 0.15) is 43.8 Å². The monoisotopic (exact) mass is 259 g/mol. The maximum absolute atomic E-state index is 10.3. The van der Waals surface area contributed by atoms with Crippen molar-refractivity contribution in [1.82, 2.24) is 4.90 Å². The number of β-amino-alcohol motifs (C(OH)–C–C–N with tert-alkyl or cyclic N) is 1. The van der Waals surface area contributed by atoms with Crippen molar-refractivity contribution in [3.05, 3.63) is 35.9 Å². The third-order valence-corrected chi connectivity index (χ3v) is 4.99. The zero-order valence-electron chi connectivity index (χ0n) is 11.7. The van der Waals surface area contributed by atoms with Crippen LogP contribution in [-0.4, -0.2) is 29.6 Å². The van der Waals surface area contributed by atoms with Crippen LogP contribution in [0.2, 0.25) is 0 Å². The van der Waals surface area contributed by atoms with Crippen molar-refractivity contribution in [1.29, 1.82) is 0 Å². The van der Waals surface area contributed by atoms with E-state index in [0.717, 1.165) is 23.9 Å². The summed E-state index contributed by atoms with van der Waals surface area (Å²) in [7, 11) is 0. The number of piperidine rings is 1. The van der Waals surface area contributed by atoms with Gasteiger partial charge in [0.15, 0.2) is 0 Å². The van der Waals surface area contributed by atoms with Crippen LogP contribution in [0.5, 0.6) is 0 Å². The molecule has 1 aliphatic heterocycles. The summed E-state index contributed by atoms with van der Waals surface area (Å²) in [5.41, 5.74) is 1.05. The summed E-state index contributed by atoms with van der Waals surface area (Å²) in [6.45, 7) is 3.17. The van der Waals surface area contributed by atoms with Crippen molar-refractivity contribution in [2.24, 2.45) is 11.8 Å². The van der Waals surface area contributed by atoms with Gasteiger partial charge in [-0.15, -0.1) is 0 Å². The molecule has 3 atom stereocenters. The fourth-order valence-corrected chi connectivity index (χ4v) is 3.87. The number of nitrogens with zero attached hydrogens (tertiary/aromatic N) is 1. The molecular weight excluding hydrogens is 234 g/mol. The highest BCUT2D eigenvalue weighted by Crippen LogP contribution is 2.36. The average molecular weight is 259 g/mol. The minimum absolute atomic E-state index is 0.332. The van der Waals surface area contributed by atoms with Crippen molar-refractivity contribution >= 4 is 0 Å². The largest absolute Gasteiger partial charge is 0.387 e. The molecule has 1 aromatic carbocycles. The van der Waals surface area contributed by atoms with Gasteiger partial charge in [-0.2, -0.15) is 0 Å². The van der Waals surface area contributed by atoms with Gasteiger partial charge in [-0.05, 0) is 36.8 Å². The minimum Gasteiger partial charge on any atom is -0.387 e. The maximum atomic E-state index is 10.3. The van der Waals surface area contributed by atoms with E-state index in [1.165, 1.54) is 45.2 Å². The van der Waals surface area contributed by atoms with E-state index in [-0.39, 0.29) is 6.10 Å². The Labute approximate surface area is 116 Å². The predicted molar refractivity (Wildman–Crippen MR) is 77.9 cm³/mol. The smallest absolute Gasteiger partial charge is 0.0916 e. The van der Waals surface area contributed by atoms with Crippen LogP contribution in [0, 0.1) is 11.8 Å². The molecule has 0 unspecified atom stereocenters. The first kappa shape index (κ1) is 13.1. The molecule has 2 heteroatoms. The molecule has 3 rings (SSSR count). The molecule has 1 saturated carbocycles. The van der Waals surface area contributed by atoms with E-state index in [4.69, 9.17) is 0 Å². The van der Waals surface area contributed by atoms with Gasteiger partial charge in [0.2, 0.25) is 0 Å². The minimum atomic E-state index is -0.332. The zero-order valence-corrected chi connectivity index (χ0v) is 11.7. The Kier molecular flexibility index (Phi) is 4.19. The summed E-state index contributed by atoms with van der Waals surface area (Å²) in [4.78, 5) is 2.48. The molecule has 0 radical (unpaired) electrons. The highest BCUT2D eigenvalue weighted by Gasteiger charge is 2.31. The number of hydrogen-bond donors (Lipinski definition) is 1. The summed E-state index contributed by atoms with van der Waals surface area (Å²) in [5.74, 6) is 1.87. The number of hydrogen-bond acceptors (Lipinski definition) is 2. The summed E-state index contributed by atoms with van der Waals surface area (Å²) in [6.07, 6.45) is 6.71. The van der Waals surface area contributed by atoms with Gasteiger partial charge in [-0.3, -0.25) is 0 Å². The van der Waals surface area contributed by atoms with Gasteiger partial charge in [0, 0.05) is 13.1 Å². The van der Waals surface area contributed by atoms with Crippen LogP contribution in [0.4, 0.5) is 0 Å². The first-order chi connectivity index (χ1) is 9.33. The molecule has 1 aromatic rings. The van der Waals surface area contributed by atoms with Gasteiger partial charge < -0.3 is 10.0 Å². The lowest BCUT2D eigenvalue weighted by Crippen LogP contribution is -2.43. The van der Waals surface area contributed by atoms with Gasteiger partial charge in [0.1, 0.15) is 0 Å². The molecule has 1 aliphatic carbocycles. The Morgan fingerprint density at radius 1 is 1.05 bits per heavy atom. The Balaban J connectivity index is 1.56. The molecule has 1 N–H and O–H groups in total. The van der Waals surface area contributed by atoms with E-state index in [1.54, 1.807) is 0 Å². The van der Waals surface area contributed by atoms with Gasteiger partial charge in [-0.25, -0.2) is 0 Å². The molecule has 0 bridgehead atoms. The van der Waals surface area contributed by atoms with E-state index in [1.807, 2.05) is 30.3 Å². The molecule has 0 spiro atoms. The second-order valence-corrected chi connectivity index (χ2v) is 6.28. The van der Waals surface area contributed by atoms with Crippen LogP contribution in [0.3, 0.4) is 0 Å². The average Bonchev–Trinajstić information content (AvgIpc) is 2.48. The first-order valence-corrected chi connectivity index (χ1v) is 7.78. The molecule has 2 nitrogen and oxygen atoms in total. The van der Waals surface area contributed by atoms with Crippen LogP contribution in [0.15, 0.2) is 30.3 Å². The zero-order chi connectivity index (χ0) is 13.1. The van der Waals surface area contributed by atoms with Gasteiger partial charge in [0.25, 0.3) is 0 Å². The number of fused-ring (bicyclic) bond motifs is 1. The Morgan fingerprint density at radius 2 is 1.79 bits per heavy atom. The maximum Gasteiger partial charge on any atom is 0.0916 e. The van der Waals surface area contributed by atoms with E-state index < -0.39 is 0 Å². The third-order valence-electron chi connectivity index (χ3n) is 4.99. The lowest BCUT2D eigenvalue weighted by Gasteiger charge is -2.41. The number of aliphatic hydroxyl groups excluding tert-OH is 1. The number of benzene rings is 1. The van der Waals surface area contributed by atoms with Crippen molar-refractivity contribution in [2.45, 2.75) is 38.2 Å². The lowest BCUT2D eigenvalue weighted by molar-refractivity contribution is 0.0460. The second-order valence-electron chi connectivity index (χ2n) is 6.28.